The van der Waals surface area contributed by atoms with E-state index in [1.165, 1.54) is 38.5 Å². The summed E-state index contributed by atoms with van der Waals surface area (Å²) in [4.78, 5) is 59.3. The highest BCUT2D eigenvalue weighted by molar-refractivity contribution is 5.75. The molecule has 2 heterocycles. The molecule has 304 valence electrons. The van der Waals surface area contributed by atoms with Crippen LogP contribution in [0.25, 0.3) is 0 Å². The molecule has 54 heavy (non-hydrogen) atoms. The van der Waals surface area contributed by atoms with Gasteiger partial charge in [0.15, 0.2) is 0 Å². The topological polar surface area (TPSA) is 176 Å². The van der Waals surface area contributed by atoms with Gasteiger partial charge in [-0.2, -0.15) is 0 Å². The third kappa shape index (κ3) is 8.84. The maximum Gasteiger partial charge on any atom is 0.410 e. The lowest BCUT2D eigenvalue weighted by atomic mass is 9.54. The molecule has 7 saturated carbocycles. The van der Waals surface area contributed by atoms with E-state index in [-0.39, 0.29) is 47.3 Å². The van der Waals surface area contributed by atoms with Crippen molar-refractivity contribution in [2.75, 3.05) is 78.5 Å². The van der Waals surface area contributed by atoms with Gasteiger partial charge in [0.25, 0.3) is 0 Å². The van der Waals surface area contributed by atoms with E-state index in [1.807, 2.05) is 9.80 Å². The van der Waals surface area contributed by atoms with Crippen LogP contribution in [0.5, 0.6) is 0 Å². The molecule has 14 heteroatoms. The number of carbonyl (C=O) groups is 4. The first-order valence-electron chi connectivity index (χ1n) is 21.4. The number of rotatable bonds is 8. The monoisotopic (exact) mass is 757 g/mol. The lowest BCUT2D eigenvalue weighted by molar-refractivity contribution is -0.00187. The van der Waals surface area contributed by atoms with E-state index in [9.17, 15) is 19.2 Å². The number of nitrogens with two attached hydrogens (primary N) is 2. The second-order valence-corrected chi connectivity index (χ2v) is 18.5. The fourth-order valence-electron chi connectivity index (χ4n) is 10.9. The number of urea groups is 2. The zero-order valence-electron chi connectivity index (χ0n) is 32.8. The lowest BCUT2D eigenvalue weighted by Gasteiger charge is -2.53. The number of amides is 6. The fraction of sp³-hybridized carbons (Fsp3) is 0.900. The molecule has 2 aliphatic heterocycles. The highest BCUT2D eigenvalue weighted by atomic mass is 16.6. The summed E-state index contributed by atoms with van der Waals surface area (Å²) in [5.74, 6) is 0. The van der Waals surface area contributed by atoms with Crippen LogP contribution >= 0.6 is 0 Å². The van der Waals surface area contributed by atoms with Gasteiger partial charge in [-0.3, -0.25) is 0 Å². The van der Waals surface area contributed by atoms with Crippen molar-refractivity contribution in [3.8, 4) is 0 Å². The van der Waals surface area contributed by atoms with Gasteiger partial charge in [-0.15, -0.1) is 0 Å². The number of carbonyl (C=O) groups excluding carboxylic acids is 4. The summed E-state index contributed by atoms with van der Waals surface area (Å²) in [6.45, 7) is 6.90. The molecular weight excluding hydrogens is 688 g/mol. The van der Waals surface area contributed by atoms with Gasteiger partial charge in [-0.1, -0.05) is 0 Å². The first kappa shape index (κ1) is 39.2. The molecule has 0 spiro atoms. The Morgan fingerprint density at radius 2 is 0.741 bits per heavy atom. The summed E-state index contributed by atoms with van der Waals surface area (Å²) in [5.41, 5.74) is 13.3. The van der Waals surface area contributed by atoms with Gasteiger partial charge < -0.3 is 51.2 Å². The molecule has 9 fully saturated rings. The van der Waals surface area contributed by atoms with Crippen LogP contribution in [-0.4, -0.2) is 135 Å². The van der Waals surface area contributed by atoms with Gasteiger partial charge in [-0.05, 0) is 150 Å². The molecule has 9 aliphatic rings. The van der Waals surface area contributed by atoms with E-state index >= 15 is 0 Å². The Kier molecular flexibility index (Phi) is 12.1. The molecule has 7 aliphatic carbocycles. The molecule has 0 aromatic carbocycles. The van der Waals surface area contributed by atoms with Crippen LogP contribution < -0.4 is 22.1 Å². The van der Waals surface area contributed by atoms with Crippen LogP contribution in [0.4, 0.5) is 19.2 Å². The molecule has 2 saturated heterocycles. The van der Waals surface area contributed by atoms with Crippen molar-refractivity contribution >= 4 is 24.2 Å². The van der Waals surface area contributed by atoms with E-state index < -0.39 is 0 Å². The minimum absolute atomic E-state index is 0.0308. The number of nitrogens with zero attached hydrogens (tertiary/aromatic N) is 4. The molecule has 0 radical (unpaired) electrons. The predicted molar refractivity (Wildman–Crippen MR) is 205 cm³/mol. The minimum Gasteiger partial charge on any atom is -0.446 e. The number of fused-ring (bicyclic) bond motifs is 6. The highest BCUT2D eigenvalue weighted by Gasteiger charge is 2.49. The number of hydrogen-bond acceptors (Lipinski definition) is 8. The quantitative estimate of drug-likeness (QED) is 0.278. The molecule has 0 atom stereocenters. The van der Waals surface area contributed by atoms with Gasteiger partial charge in [0, 0.05) is 65.4 Å². The van der Waals surface area contributed by atoms with Gasteiger partial charge in [0.1, 0.15) is 12.2 Å². The molecule has 0 aromatic heterocycles. The number of hydrogen-bond donors (Lipinski definition) is 4. The van der Waals surface area contributed by atoms with E-state index in [0.29, 0.717) is 63.2 Å². The summed E-state index contributed by atoms with van der Waals surface area (Å²) in [7, 11) is 0. The summed E-state index contributed by atoms with van der Waals surface area (Å²) < 4.78 is 11.9. The average molecular weight is 757 g/mol. The molecule has 4 bridgehead atoms. The SMILES string of the molecule is NCC12CCC(CNC(=O)N3CCN(C(=O)OC4CCCC(OC(=O)N5CCN(C(=O)NCC67CCC(CN)(CC6)CC7)CC5)CCC4)CC3)(CC1)CC2. The van der Waals surface area contributed by atoms with E-state index in [4.69, 9.17) is 20.9 Å². The third-order valence-electron chi connectivity index (χ3n) is 15.5. The first-order chi connectivity index (χ1) is 26.1. The van der Waals surface area contributed by atoms with E-state index in [1.54, 1.807) is 9.80 Å². The van der Waals surface area contributed by atoms with Crippen molar-refractivity contribution in [2.45, 2.75) is 128 Å². The number of ether oxygens (including phenoxy) is 2. The highest BCUT2D eigenvalue weighted by Crippen LogP contribution is 2.57. The predicted octanol–water partition coefficient (Wildman–Crippen LogP) is 4.60. The Bertz CT molecular complexity index is 1190. The molecule has 0 unspecified atom stereocenters. The Hall–Kier alpha value is -3.00. The van der Waals surface area contributed by atoms with Crippen LogP contribution in [0.2, 0.25) is 0 Å². The maximum absolute atomic E-state index is 13.1. The minimum atomic E-state index is -0.302. The first-order valence-corrected chi connectivity index (χ1v) is 21.4. The van der Waals surface area contributed by atoms with Crippen LogP contribution in [0.3, 0.4) is 0 Å². The zero-order valence-corrected chi connectivity index (χ0v) is 32.8. The van der Waals surface area contributed by atoms with E-state index in [2.05, 4.69) is 10.6 Å². The molecule has 6 N–H and O–H groups in total. The van der Waals surface area contributed by atoms with Gasteiger partial charge >= 0.3 is 24.2 Å². The van der Waals surface area contributed by atoms with Crippen molar-refractivity contribution in [3.63, 3.8) is 0 Å². The zero-order chi connectivity index (χ0) is 37.8. The van der Waals surface area contributed by atoms with Crippen molar-refractivity contribution in [1.29, 1.82) is 0 Å². The fourth-order valence-corrected chi connectivity index (χ4v) is 10.9. The standard InChI is InChI=1S/C40H68N8O6/c41-27-37-7-13-39(14-8-37,15-9-37)29-43-33(49)45-19-23-47(24-20-45)35(51)53-31-3-1-4-32(6-2-5-31)54-36(52)48-25-21-46(22-26-48)34(50)44-30-40-16-10-38(28-42,11-17-40)12-18-40/h31-32H,1-30,41-42H2,(H,43,49)(H,44,50). The van der Waals surface area contributed by atoms with Crippen LogP contribution in [-0.2, 0) is 9.47 Å². The van der Waals surface area contributed by atoms with Crippen LogP contribution in [0, 0.1) is 21.7 Å². The third-order valence-corrected chi connectivity index (χ3v) is 15.5. The molecule has 0 aromatic rings. The summed E-state index contributed by atoms with van der Waals surface area (Å²) >= 11 is 0. The molecule has 6 amide bonds. The molecular formula is C40H68N8O6. The Labute approximate surface area is 322 Å². The largest absolute Gasteiger partial charge is 0.446 e. The van der Waals surface area contributed by atoms with Gasteiger partial charge in [0.05, 0.1) is 0 Å². The summed E-state index contributed by atoms with van der Waals surface area (Å²) in [6, 6.07) is -0.0617. The maximum atomic E-state index is 13.1. The summed E-state index contributed by atoms with van der Waals surface area (Å²) in [6.07, 6.45) is 17.6. The lowest BCUT2D eigenvalue weighted by Crippen LogP contribution is -2.56. The van der Waals surface area contributed by atoms with Crippen LogP contribution in [0.1, 0.15) is 116 Å². The molecule has 14 nitrogen and oxygen atoms in total. The second-order valence-electron chi connectivity index (χ2n) is 18.5. The second kappa shape index (κ2) is 16.6. The van der Waals surface area contributed by atoms with Crippen molar-refractivity contribution in [3.05, 3.63) is 0 Å². The summed E-state index contributed by atoms with van der Waals surface area (Å²) in [5, 5.41) is 6.44. The van der Waals surface area contributed by atoms with Crippen molar-refractivity contribution < 1.29 is 28.7 Å². The Balaban J connectivity index is 0.747. The van der Waals surface area contributed by atoms with Gasteiger partial charge in [-0.25, -0.2) is 19.2 Å². The van der Waals surface area contributed by atoms with Gasteiger partial charge in [0.2, 0.25) is 0 Å². The van der Waals surface area contributed by atoms with E-state index in [0.717, 1.165) is 103 Å². The average Bonchev–Trinajstić information content (AvgIpc) is 3.22. The molecule has 9 rings (SSSR count). The van der Waals surface area contributed by atoms with Crippen molar-refractivity contribution in [2.24, 2.45) is 33.1 Å². The normalized spacial score (nSPS) is 35.5. The Morgan fingerprint density at radius 1 is 0.463 bits per heavy atom. The van der Waals surface area contributed by atoms with Crippen LogP contribution in [0.15, 0.2) is 0 Å². The Morgan fingerprint density at radius 3 is 1.04 bits per heavy atom. The number of piperazine rings is 2. The van der Waals surface area contributed by atoms with Crippen molar-refractivity contribution in [1.82, 2.24) is 30.2 Å². The smallest absolute Gasteiger partial charge is 0.410 e. The number of nitrogens with one attached hydrogen (secondary N) is 2.